The van der Waals surface area contributed by atoms with Crippen LogP contribution in [-0.2, 0) is 4.79 Å². The Morgan fingerprint density at radius 3 is 2.62 bits per heavy atom. The van der Waals surface area contributed by atoms with Gasteiger partial charge in [0.15, 0.2) is 0 Å². The number of hydrogen-bond acceptors (Lipinski definition) is 2. The number of Topliss-reactive ketones (excluding diaryl/α,β-unsaturated/α-hetero) is 1. The minimum Gasteiger partial charge on any atom is -0.306 e. The van der Waals surface area contributed by atoms with E-state index in [-0.39, 0.29) is 5.78 Å². The van der Waals surface area contributed by atoms with Crippen molar-refractivity contribution in [3.8, 4) is 0 Å². The summed E-state index contributed by atoms with van der Waals surface area (Å²) in [5.41, 5.74) is 1.11. The topological polar surface area (TPSA) is 29.1 Å². The maximum Gasteiger partial charge on any atom is 0.143 e. The van der Waals surface area contributed by atoms with Crippen LogP contribution in [0.5, 0.6) is 0 Å². The minimum absolute atomic E-state index is 0.159. The summed E-state index contributed by atoms with van der Waals surface area (Å²) >= 11 is 0. The lowest BCUT2D eigenvalue weighted by molar-refractivity contribution is -0.116. The summed E-state index contributed by atoms with van der Waals surface area (Å²) in [6, 6.07) is 0. The average Bonchev–Trinajstić information content (AvgIpc) is 2.04. The van der Waals surface area contributed by atoms with Crippen molar-refractivity contribution in [3.05, 3.63) is 24.3 Å². The van der Waals surface area contributed by atoms with Crippen LogP contribution in [0.3, 0.4) is 0 Å². The fraction of sp³-hybridized carbons (Fsp3) is 0.545. The van der Waals surface area contributed by atoms with Gasteiger partial charge in [-0.2, -0.15) is 0 Å². The minimum atomic E-state index is 0.159. The predicted octanol–water partition coefficient (Wildman–Crippen LogP) is 1.93. The molecule has 13 heavy (non-hydrogen) atoms. The third-order valence-corrected chi connectivity index (χ3v) is 1.85. The molecule has 2 heteroatoms. The molecule has 0 radical (unpaired) electrons. The summed E-state index contributed by atoms with van der Waals surface area (Å²) < 4.78 is 0. The second-order valence-electron chi connectivity index (χ2n) is 3.28. The van der Waals surface area contributed by atoms with Crippen LogP contribution in [0.2, 0.25) is 0 Å². The highest BCUT2D eigenvalue weighted by atomic mass is 16.1. The lowest BCUT2D eigenvalue weighted by Gasteiger charge is -2.10. The van der Waals surface area contributed by atoms with Crippen LogP contribution >= 0.6 is 0 Å². The highest BCUT2D eigenvalue weighted by molar-refractivity contribution is 5.77. The molecule has 1 N–H and O–H groups in total. The Morgan fingerprint density at radius 2 is 2.15 bits per heavy atom. The van der Waals surface area contributed by atoms with Crippen molar-refractivity contribution in [1.29, 1.82) is 0 Å². The number of rotatable bonds is 6. The molecule has 0 amide bonds. The number of allylic oxidation sites excluding steroid dienone is 2. The van der Waals surface area contributed by atoms with Crippen LogP contribution in [-0.4, -0.2) is 18.9 Å². The van der Waals surface area contributed by atoms with Crippen LogP contribution in [0, 0.1) is 5.92 Å². The lowest BCUT2D eigenvalue weighted by atomic mass is 10.0. The van der Waals surface area contributed by atoms with E-state index in [2.05, 4.69) is 24.9 Å². The van der Waals surface area contributed by atoms with Gasteiger partial charge in [0.05, 0.1) is 6.54 Å². The Balaban J connectivity index is 3.68. The van der Waals surface area contributed by atoms with Crippen LogP contribution in [0.4, 0.5) is 0 Å². The van der Waals surface area contributed by atoms with Crippen LogP contribution in [0.15, 0.2) is 24.3 Å². The van der Waals surface area contributed by atoms with E-state index in [1.165, 1.54) is 0 Å². The molecule has 0 aromatic carbocycles. The number of ketones is 1. The van der Waals surface area contributed by atoms with Crippen molar-refractivity contribution >= 4 is 5.78 Å². The molecule has 1 atom stereocenters. The molecule has 0 bridgehead atoms. The van der Waals surface area contributed by atoms with Gasteiger partial charge in [0.2, 0.25) is 0 Å². The molecule has 0 rings (SSSR count). The Kier molecular flexibility index (Phi) is 6.15. The second-order valence-corrected chi connectivity index (χ2v) is 3.28. The fourth-order valence-corrected chi connectivity index (χ4v) is 0.985. The van der Waals surface area contributed by atoms with Crippen LogP contribution in [0.1, 0.15) is 20.8 Å². The molecule has 0 aromatic heterocycles. The average molecular weight is 181 g/mol. The van der Waals surface area contributed by atoms with E-state index in [4.69, 9.17) is 0 Å². The van der Waals surface area contributed by atoms with E-state index >= 15 is 0 Å². The second kappa shape index (κ2) is 6.61. The molecule has 0 aromatic rings. The molecule has 74 valence electrons. The molecule has 0 spiro atoms. The molecule has 0 saturated heterocycles. The van der Waals surface area contributed by atoms with Gasteiger partial charge in [-0.3, -0.25) is 4.79 Å². The summed E-state index contributed by atoms with van der Waals surface area (Å²) in [5.74, 6) is 0.538. The zero-order valence-corrected chi connectivity index (χ0v) is 8.76. The van der Waals surface area contributed by atoms with Gasteiger partial charge in [-0.05, 0) is 19.8 Å². The van der Waals surface area contributed by atoms with Gasteiger partial charge in [-0.25, -0.2) is 0 Å². The molecule has 2 nitrogen and oxygen atoms in total. The van der Waals surface area contributed by atoms with E-state index in [0.717, 1.165) is 5.57 Å². The molecule has 0 aliphatic carbocycles. The fourth-order valence-electron chi connectivity index (χ4n) is 0.985. The number of hydrogen-bond donors (Lipinski definition) is 1. The largest absolute Gasteiger partial charge is 0.306 e. The molecule has 0 saturated carbocycles. The monoisotopic (exact) mass is 181 g/mol. The third kappa shape index (κ3) is 6.29. The maximum atomic E-state index is 10.6. The maximum absolute atomic E-state index is 10.6. The zero-order chi connectivity index (χ0) is 10.3. The molecule has 0 aliphatic heterocycles. The van der Waals surface area contributed by atoms with Gasteiger partial charge in [0.1, 0.15) is 5.78 Å². The Morgan fingerprint density at radius 1 is 1.54 bits per heavy atom. The number of nitrogens with one attached hydrogen (secondary N) is 1. The lowest BCUT2D eigenvalue weighted by Crippen LogP contribution is -2.24. The Hall–Kier alpha value is -0.890. The molecular weight excluding hydrogens is 162 g/mol. The van der Waals surface area contributed by atoms with E-state index < -0.39 is 0 Å². The first kappa shape index (κ1) is 12.1. The number of carbonyl (C=O) groups is 1. The first-order valence-corrected chi connectivity index (χ1v) is 4.58. The van der Waals surface area contributed by atoms with Gasteiger partial charge in [0, 0.05) is 6.54 Å². The van der Waals surface area contributed by atoms with E-state index in [0.29, 0.717) is 19.0 Å². The van der Waals surface area contributed by atoms with Crippen molar-refractivity contribution in [2.24, 2.45) is 5.92 Å². The first-order valence-electron chi connectivity index (χ1n) is 4.58. The highest BCUT2D eigenvalue weighted by Gasteiger charge is 2.01. The summed E-state index contributed by atoms with van der Waals surface area (Å²) in [4.78, 5) is 10.6. The SMILES string of the molecule is C=C(CNCC(C)=O)C(C)C=CC. The van der Waals surface area contributed by atoms with Gasteiger partial charge in [-0.15, -0.1) is 0 Å². The van der Waals surface area contributed by atoms with Gasteiger partial charge < -0.3 is 5.32 Å². The molecule has 0 heterocycles. The van der Waals surface area contributed by atoms with Crippen molar-refractivity contribution in [1.82, 2.24) is 5.32 Å². The highest BCUT2D eigenvalue weighted by Crippen LogP contribution is 2.07. The van der Waals surface area contributed by atoms with Crippen LogP contribution in [0.25, 0.3) is 0 Å². The quantitative estimate of drug-likeness (QED) is 0.634. The third-order valence-electron chi connectivity index (χ3n) is 1.85. The van der Waals surface area contributed by atoms with E-state index in [1.54, 1.807) is 6.92 Å². The van der Waals surface area contributed by atoms with Gasteiger partial charge in [0.25, 0.3) is 0 Å². The molecular formula is C11H19NO. The van der Waals surface area contributed by atoms with Crippen molar-refractivity contribution < 1.29 is 4.79 Å². The van der Waals surface area contributed by atoms with Crippen molar-refractivity contribution in [2.75, 3.05) is 13.1 Å². The van der Waals surface area contributed by atoms with Crippen molar-refractivity contribution in [2.45, 2.75) is 20.8 Å². The van der Waals surface area contributed by atoms with Gasteiger partial charge >= 0.3 is 0 Å². The summed E-state index contributed by atoms with van der Waals surface area (Å²) in [7, 11) is 0. The normalized spacial score (nSPS) is 13.2. The van der Waals surface area contributed by atoms with Gasteiger partial charge in [-0.1, -0.05) is 31.2 Å². The smallest absolute Gasteiger partial charge is 0.143 e. The van der Waals surface area contributed by atoms with Crippen LogP contribution < -0.4 is 5.32 Å². The molecule has 0 fully saturated rings. The van der Waals surface area contributed by atoms with Crippen molar-refractivity contribution in [3.63, 3.8) is 0 Å². The zero-order valence-electron chi connectivity index (χ0n) is 8.76. The molecule has 0 aliphatic rings. The standard InChI is InChI=1S/C11H19NO/c1-5-6-9(2)10(3)7-12-8-11(4)13/h5-6,9,12H,3,7-8H2,1-2,4H3. The Labute approximate surface area is 80.7 Å². The van der Waals surface area contributed by atoms with E-state index in [9.17, 15) is 4.79 Å². The van der Waals surface area contributed by atoms with E-state index in [1.807, 2.05) is 13.0 Å². The summed E-state index contributed by atoms with van der Waals surface area (Å²) in [6.45, 7) is 10.8. The summed E-state index contributed by atoms with van der Waals surface area (Å²) in [6.07, 6.45) is 4.11. The summed E-state index contributed by atoms with van der Waals surface area (Å²) in [5, 5.41) is 3.04. The molecule has 1 unspecified atom stereocenters. The Bertz CT molecular complexity index is 206. The number of carbonyl (C=O) groups excluding carboxylic acids is 1. The first-order chi connectivity index (χ1) is 6.07. The predicted molar refractivity (Wildman–Crippen MR) is 56.7 cm³/mol.